The molecule has 0 aliphatic heterocycles. The van der Waals surface area contributed by atoms with E-state index in [-0.39, 0.29) is 23.8 Å². The molecule has 0 saturated heterocycles. The Morgan fingerprint density at radius 1 is 1.45 bits per heavy atom. The summed E-state index contributed by atoms with van der Waals surface area (Å²) in [7, 11) is -0.730. The molecule has 0 heterocycles. The van der Waals surface area contributed by atoms with E-state index in [1.165, 1.54) is 26.2 Å². The van der Waals surface area contributed by atoms with E-state index in [1.54, 1.807) is 19.1 Å². The van der Waals surface area contributed by atoms with Crippen LogP contribution < -0.4 is 5.32 Å². The van der Waals surface area contributed by atoms with Gasteiger partial charge in [-0.25, -0.2) is 12.7 Å². The molecule has 0 radical (unpaired) electrons. The summed E-state index contributed by atoms with van der Waals surface area (Å²) in [5.74, 6) is -0.218. The third-order valence-electron chi connectivity index (χ3n) is 2.98. The highest BCUT2D eigenvalue weighted by molar-refractivity contribution is 7.89. The fourth-order valence-electron chi connectivity index (χ4n) is 1.62. The van der Waals surface area contributed by atoms with Crippen LogP contribution in [0, 0.1) is 0 Å². The molecule has 2 N–H and O–H groups in total. The van der Waals surface area contributed by atoms with Crippen LogP contribution in [0.4, 0.5) is 0 Å². The molecule has 0 bridgehead atoms. The molecule has 0 saturated carbocycles. The summed E-state index contributed by atoms with van der Waals surface area (Å²) < 4.78 is 25.8. The molecule has 1 amide bonds. The minimum absolute atomic E-state index is 0.0981. The number of benzene rings is 1. The van der Waals surface area contributed by atoms with Gasteiger partial charge in [0.15, 0.2) is 0 Å². The van der Waals surface area contributed by atoms with E-state index >= 15 is 0 Å². The standard InChI is InChI=1S/C13H20N2O4S/c1-10(16)11-5-4-6-12(9-11)20(18,19)15(3)8-7-13(17)14-2/h4-6,9-10,16H,7-8H2,1-3H3,(H,14,17). The van der Waals surface area contributed by atoms with E-state index in [0.717, 1.165) is 4.31 Å². The molecule has 1 aromatic carbocycles. The number of hydrogen-bond donors (Lipinski definition) is 2. The van der Waals surface area contributed by atoms with Gasteiger partial charge in [-0.3, -0.25) is 4.79 Å². The van der Waals surface area contributed by atoms with Crippen molar-refractivity contribution in [2.24, 2.45) is 0 Å². The number of sulfonamides is 1. The van der Waals surface area contributed by atoms with Crippen LogP contribution in [0.5, 0.6) is 0 Å². The smallest absolute Gasteiger partial charge is 0.242 e. The zero-order chi connectivity index (χ0) is 15.3. The van der Waals surface area contributed by atoms with Crippen LogP contribution in [0.2, 0.25) is 0 Å². The van der Waals surface area contributed by atoms with E-state index in [9.17, 15) is 18.3 Å². The summed E-state index contributed by atoms with van der Waals surface area (Å²) >= 11 is 0. The maximum absolute atomic E-state index is 12.3. The van der Waals surface area contributed by atoms with Crippen molar-refractivity contribution in [2.45, 2.75) is 24.3 Å². The van der Waals surface area contributed by atoms with E-state index in [0.29, 0.717) is 5.56 Å². The van der Waals surface area contributed by atoms with Gasteiger partial charge in [-0.1, -0.05) is 12.1 Å². The van der Waals surface area contributed by atoms with Crippen molar-refractivity contribution < 1.29 is 18.3 Å². The fraction of sp³-hybridized carbons (Fsp3) is 0.462. The third-order valence-corrected chi connectivity index (χ3v) is 4.83. The number of aliphatic hydroxyl groups excluding tert-OH is 1. The van der Waals surface area contributed by atoms with E-state index in [4.69, 9.17) is 0 Å². The van der Waals surface area contributed by atoms with Gasteiger partial charge in [0.2, 0.25) is 15.9 Å². The zero-order valence-corrected chi connectivity index (χ0v) is 12.6. The first-order valence-electron chi connectivity index (χ1n) is 6.24. The quantitative estimate of drug-likeness (QED) is 0.801. The van der Waals surface area contributed by atoms with Crippen molar-refractivity contribution in [2.75, 3.05) is 20.6 Å². The second-order valence-corrected chi connectivity index (χ2v) is 6.54. The third kappa shape index (κ3) is 4.03. The van der Waals surface area contributed by atoms with Gasteiger partial charge in [-0.15, -0.1) is 0 Å². The Labute approximate surface area is 119 Å². The van der Waals surface area contributed by atoms with Gasteiger partial charge in [0, 0.05) is 27.1 Å². The molecule has 1 aromatic rings. The van der Waals surface area contributed by atoms with Crippen LogP contribution in [-0.4, -0.2) is 44.4 Å². The summed E-state index contributed by atoms with van der Waals surface area (Å²) in [4.78, 5) is 11.3. The van der Waals surface area contributed by atoms with Crippen molar-refractivity contribution >= 4 is 15.9 Å². The highest BCUT2D eigenvalue weighted by Gasteiger charge is 2.21. The van der Waals surface area contributed by atoms with Crippen molar-refractivity contribution in [3.05, 3.63) is 29.8 Å². The first-order chi connectivity index (χ1) is 9.28. The Morgan fingerprint density at radius 2 is 2.10 bits per heavy atom. The number of carbonyl (C=O) groups is 1. The van der Waals surface area contributed by atoms with Gasteiger partial charge in [0.05, 0.1) is 11.0 Å². The lowest BCUT2D eigenvalue weighted by Gasteiger charge is -2.17. The molecular weight excluding hydrogens is 280 g/mol. The topological polar surface area (TPSA) is 86.7 Å². The van der Waals surface area contributed by atoms with Crippen LogP contribution >= 0.6 is 0 Å². The van der Waals surface area contributed by atoms with E-state index in [2.05, 4.69) is 5.32 Å². The van der Waals surface area contributed by atoms with Crippen LogP contribution in [0.1, 0.15) is 25.0 Å². The van der Waals surface area contributed by atoms with Gasteiger partial charge in [0.1, 0.15) is 0 Å². The lowest BCUT2D eigenvalue weighted by molar-refractivity contribution is -0.120. The Hall–Kier alpha value is -1.44. The first-order valence-corrected chi connectivity index (χ1v) is 7.68. The fourth-order valence-corrected chi connectivity index (χ4v) is 2.85. The molecule has 1 atom stereocenters. The largest absolute Gasteiger partial charge is 0.389 e. The summed E-state index contributed by atoms with van der Waals surface area (Å²) in [6.45, 7) is 1.67. The Bertz CT molecular complexity index is 569. The molecule has 20 heavy (non-hydrogen) atoms. The Kier molecular flexibility index (Phi) is 5.67. The average Bonchev–Trinajstić information content (AvgIpc) is 2.44. The number of amides is 1. The molecule has 7 heteroatoms. The number of hydrogen-bond acceptors (Lipinski definition) is 4. The van der Waals surface area contributed by atoms with Gasteiger partial charge in [0.25, 0.3) is 0 Å². The summed E-state index contributed by atoms with van der Waals surface area (Å²) in [6.07, 6.45) is -0.635. The lowest BCUT2D eigenvalue weighted by atomic mass is 10.1. The Morgan fingerprint density at radius 3 is 2.65 bits per heavy atom. The number of rotatable bonds is 6. The molecule has 6 nitrogen and oxygen atoms in total. The summed E-state index contributed by atoms with van der Waals surface area (Å²) in [6, 6.07) is 6.16. The predicted octanol–water partition coefficient (Wildman–Crippen LogP) is 0.496. The van der Waals surface area contributed by atoms with Gasteiger partial charge >= 0.3 is 0 Å². The maximum atomic E-state index is 12.3. The minimum atomic E-state index is -3.66. The van der Waals surface area contributed by atoms with Gasteiger partial charge in [-0.2, -0.15) is 0 Å². The van der Waals surface area contributed by atoms with Crippen molar-refractivity contribution in [3.8, 4) is 0 Å². The molecule has 1 unspecified atom stereocenters. The highest BCUT2D eigenvalue weighted by atomic mass is 32.2. The van der Waals surface area contributed by atoms with Crippen LogP contribution in [0.25, 0.3) is 0 Å². The van der Waals surface area contributed by atoms with Gasteiger partial charge < -0.3 is 10.4 Å². The monoisotopic (exact) mass is 300 g/mol. The van der Waals surface area contributed by atoms with Gasteiger partial charge in [-0.05, 0) is 24.6 Å². The summed E-state index contributed by atoms with van der Waals surface area (Å²) in [5, 5.41) is 11.9. The predicted molar refractivity (Wildman–Crippen MR) is 75.6 cm³/mol. The molecular formula is C13H20N2O4S. The molecule has 1 rings (SSSR count). The van der Waals surface area contributed by atoms with Crippen LogP contribution in [-0.2, 0) is 14.8 Å². The van der Waals surface area contributed by atoms with Crippen LogP contribution in [0.15, 0.2) is 29.2 Å². The first kappa shape index (κ1) is 16.6. The van der Waals surface area contributed by atoms with Crippen molar-refractivity contribution in [3.63, 3.8) is 0 Å². The summed E-state index contributed by atoms with van der Waals surface area (Å²) in [5.41, 5.74) is 0.533. The maximum Gasteiger partial charge on any atom is 0.242 e. The molecule has 112 valence electrons. The average molecular weight is 300 g/mol. The van der Waals surface area contributed by atoms with Crippen molar-refractivity contribution in [1.29, 1.82) is 0 Å². The minimum Gasteiger partial charge on any atom is -0.389 e. The van der Waals surface area contributed by atoms with Crippen LogP contribution in [0.3, 0.4) is 0 Å². The lowest BCUT2D eigenvalue weighted by Crippen LogP contribution is -2.31. The molecule has 0 fully saturated rings. The molecule has 0 aromatic heterocycles. The normalized spacial score (nSPS) is 13.2. The van der Waals surface area contributed by atoms with E-state index < -0.39 is 16.1 Å². The second kappa shape index (κ2) is 6.83. The van der Waals surface area contributed by atoms with E-state index in [1.807, 2.05) is 0 Å². The zero-order valence-electron chi connectivity index (χ0n) is 11.8. The number of aliphatic hydroxyl groups is 1. The molecule has 0 aliphatic carbocycles. The number of carbonyl (C=O) groups excluding carboxylic acids is 1. The highest BCUT2D eigenvalue weighted by Crippen LogP contribution is 2.19. The SMILES string of the molecule is CNC(=O)CCN(C)S(=O)(=O)c1cccc(C(C)O)c1. The molecule has 0 aliphatic rings. The van der Waals surface area contributed by atoms with Crippen molar-refractivity contribution in [1.82, 2.24) is 9.62 Å². The molecule has 0 spiro atoms. The number of nitrogens with zero attached hydrogens (tertiary/aromatic N) is 1. The second-order valence-electron chi connectivity index (χ2n) is 4.50. The Balaban J connectivity index is 2.92. The number of nitrogens with one attached hydrogen (secondary N) is 1.